The van der Waals surface area contributed by atoms with Crippen LogP contribution in [0.3, 0.4) is 0 Å². The van der Waals surface area contributed by atoms with E-state index in [1.54, 1.807) is 11.3 Å². The Balaban J connectivity index is 2.21. The highest BCUT2D eigenvalue weighted by Crippen LogP contribution is 2.42. The molecule has 0 fully saturated rings. The Kier molecular flexibility index (Phi) is 5.23. The first-order chi connectivity index (χ1) is 9.87. The largest absolute Gasteiger partial charge is 0.410 e. The van der Waals surface area contributed by atoms with Crippen molar-refractivity contribution in [1.29, 1.82) is 0 Å². The van der Waals surface area contributed by atoms with E-state index in [9.17, 15) is 0 Å². The van der Waals surface area contributed by atoms with Crippen LogP contribution in [-0.4, -0.2) is 13.3 Å². The quantitative estimate of drug-likeness (QED) is 0.610. The van der Waals surface area contributed by atoms with Crippen molar-refractivity contribution in [2.45, 2.75) is 64.8 Å². The molecule has 0 bridgehead atoms. The summed E-state index contributed by atoms with van der Waals surface area (Å²) in [4.78, 5) is 4.56. The summed E-state index contributed by atoms with van der Waals surface area (Å²) in [5.74, 6) is 0. The summed E-state index contributed by atoms with van der Waals surface area (Å²) in [6.07, 6.45) is 1.97. The fourth-order valence-electron chi connectivity index (χ4n) is 3.67. The van der Waals surface area contributed by atoms with Crippen molar-refractivity contribution in [1.82, 2.24) is 4.98 Å². The van der Waals surface area contributed by atoms with Gasteiger partial charge >= 0.3 is 0 Å². The lowest BCUT2D eigenvalue weighted by Gasteiger charge is -2.42. The van der Waals surface area contributed by atoms with Gasteiger partial charge in [-0.05, 0) is 34.1 Å². The zero-order valence-corrected chi connectivity index (χ0v) is 15.8. The first kappa shape index (κ1) is 16.7. The van der Waals surface area contributed by atoms with Crippen molar-refractivity contribution in [3.8, 4) is 0 Å². The third-order valence-electron chi connectivity index (χ3n) is 4.57. The van der Waals surface area contributed by atoms with Gasteiger partial charge in [0.15, 0.2) is 0 Å². The van der Waals surface area contributed by atoms with Crippen LogP contribution in [-0.2, 0) is 11.0 Å². The maximum absolute atomic E-state index is 6.61. The first-order valence-corrected chi connectivity index (χ1v) is 10.9. The van der Waals surface area contributed by atoms with Gasteiger partial charge in [0.05, 0.1) is 12.3 Å². The number of pyridine rings is 1. The molecule has 0 amide bonds. The summed E-state index contributed by atoms with van der Waals surface area (Å²) < 4.78 is 7.91. The Morgan fingerprint density at radius 1 is 1.10 bits per heavy atom. The monoisotopic (exact) mass is 321 g/mol. The lowest BCUT2D eigenvalue weighted by atomic mass is 10.3. The van der Waals surface area contributed by atoms with E-state index in [0.717, 1.165) is 5.69 Å². The minimum absolute atomic E-state index is 0.614. The smallest absolute Gasteiger partial charge is 0.200 e. The molecule has 0 aliphatic heterocycles. The molecule has 2 aromatic heterocycles. The molecule has 0 spiro atoms. The van der Waals surface area contributed by atoms with Gasteiger partial charge in [0, 0.05) is 16.3 Å². The van der Waals surface area contributed by atoms with E-state index >= 15 is 0 Å². The second-order valence-electron chi connectivity index (χ2n) is 6.74. The lowest BCUT2D eigenvalue weighted by Crippen LogP contribution is -2.47. The third-order valence-corrected chi connectivity index (χ3v) is 11.5. The molecule has 4 heteroatoms. The Morgan fingerprint density at radius 2 is 1.71 bits per heavy atom. The zero-order valence-electron chi connectivity index (χ0n) is 14.0. The van der Waals surface area contributed by atoms with Gasteiger partial charge in [-0.25, -0.2) is 0 Å². The SMILES string of the molecule is CC(C)[Si](OCc1cc2sccc2cn1)(C(C)C)C(C)C. The number of hydrogen-bond donors (Lipinski definition) is 0. The maximum Gasteiger partial charge on any atom is 0.200 e. The first-order valence-electron chi connectivity index (χ1n) is 7.84. The Morgan fingerprint density at radius 3 is 2.29 bits per heavy atom. The van der Waals surface area contributed by atoms with Gasteiger partial charge in [0.2, 0.25) is 8.32 Å². The van der Waals surface area contributed by atoms with Crippen molar-refractivity contribution in [2.75, 3.05) is 0 Å². The van der Waals surface area contributed by atoms with Crippen LogP contribution < -0.4 is 0 Å². The Hall–Kier alpha value is -0.713. The van der Waals surface area contributed by atoms with E-state index in [-0.39, 0.29) is 0 Å². The molecule has 0 aliphatic rings. The number of rotatable bonds is 6. The highest BCUT2D eigenvalue weighted by atomic mass is 32.1. The molecule has 0 radical (unpaired) electrons. The number of nitrogens with zero attached hydrogens (tertiary/aromatic N) is 1. The van der Waals surface area contributed by atoms with E-state index in [4.69, 9.17) is 4.43 Å². The van der Waals surface area contributed by atoms with Crippen molar-refractivity contribution >= 4 is 29.7 Å². The highest BCUT2D eigenvalue weighted by Gasteiger charge is 2.45. The molecule has 0 saturated carbocycles. The zero-order chi connectivity index (χ0) is 15.6. The summed E-state index contributed by atoms with van der Waals surface area (Å²) in [6, 6.07) is 4.30. The van der Waals surface area contributed by atoms with E-state index in [0.29, 0.717) is 23.2 Å². The topological polar surface area (TPSA) is 22.1 Å². The van der Waals surface area contributed by atoms with E-state index < -0.39 is 8.32 Å². The van der Waals surface area contributed by atoms with Crippen molar-refractivity contribution < 1.29 is 4.43 Å². The molecule has 0 saturated heterocycles. The van der Waals surface area contributed by atoms with Crippen molar-refractivity contribution in [3.63, 3.8) is 0 Å². The molecule has 21 heavy (non-hydrogen) atoms. The third kappa shape index (κ3) is 3.22. The summed E-state index contributed by atoms with van der Waals surface area (Å²) in [5.41, 5.74) is 2.90. The molecule has 2 rings (SSSR count). The normalized spacial score (nSPS) is 13.0. The Bertz CT molecular complexity index is 569. The molecule has 0 aromatic carbocycles. The molecule has 116 valence electrons. The van der Waals surface area contributed by atoms with Gasteiger partial charge in [0.1, 0.15) is 0 Å². The molecule has 0 atom stereocenters. The van der Waals surface area contributed by atoms with Gasteiger partial charge in [-0.15, -0.1) is 11.3 Å². The molecule has 2 heterocycles. The number of fused-ring (bicyclic) bond motifs is 1. The fourth-order valence-corrected chi connectivity index (χ4v) is 9.89. The van der Waals surface area contributed by atoms with Gasteiger partial charge < -0.3 is 4.43 Å². The average molecular weight is 322 g/mol. The minimum atomic E-state index is -1.80. The summed E-state index contributed by atoms with van der Waals surface area (Å²) in [6.45, 7) is 14.6. The van der Waals surface area contributed by atoms with E-state index in [1.807, 2.05) is 6.20 Å². The molecule has 0 unspecified atom stereocenters. The predicted molar refractivity (Wildman–Crippen MR) is 95.5 cm³/mol. The fraction of sp³-hybridized carbons (Fsp3) is 0.588. The molecule has 2 nitrogen and oxygen atoms in total. The second kappa shape index (κ2) is 6.59. The predicted octanol–water partition coefficient (Wildman–Crippen LogP) is 5.99. The summed E-state index contributed by atoms with van der Waals surface area (Å²) >= 11 is 1.77. The maximum atomic E-state index is 6.61. The van der Waals surface area contributed by atoms with Crippen LogP contribution in [0.1, 0.15) is 47.2 Å². The van der Waals surface area contributed by atoms with Crippen molar-refractivity contribution in [2.24, 2.45) is 0 Å². The molecule has 0 N–H and O–H groups in total. The highest BCUT2D eigenvalue weighted by molar-refractivity contribution is 7.17. The van der Waals surface area contributed by atoms with Gasteiger partial charge in [0.25, 0.3) is 0 Å². The van der Waals surface area contributed by atoms with Crippen LogP contribution in [0.5, 0.6) is 0 Å². The van der Waals surface area contributed by atoms with Gasteiger partial charge in [-0.2, -0.15) is 0 Å². The lowest BCUT2D eigenvalue weighted by molar-refractivity contribution is 0.262. The Labute approximate surface area is 133 Å². The van der Waals surface area contributed by atoms with Crippen molar-refractivity contribution in [3.05, 3.63) is 29.4 Å². The minimum Gasteiger partial charge on any atom is -0.410 e. The van der Waals surface area contributed by atoms with Crippen LogP contribution in [0.25, 0.3) is 10.1 Å². The van der Waals surface area contributed by atoms with Crippen LogP contribution in [0, 0.1) is 0 Å². The number of aromatic nitrogens is 1. The number of thiophene rings is 1. The van der Waals surface area contributed by atoms with Crippen LogP contribution in [0.2, 0.25) is 16.6 Å². The molecular weight excluding hydrogens is 294 g/mol. The molecule has 0 aliphatic carbocycles. The van der Waals surface area contributed by atoms with Crippen LogP contribution in [0.4, 0.5) is 0 Å². The molecular formula is C17H27NOSSi. The standard InChI is InChI=1S/C17H27NOSSi/c1-12(2)21(13(3)4,14(5)6)19-11-16-9-17-15(10-18-16)7-8-20-17/h7-10,12-14H,11H2,1-6H3. The summed E-state index contributed by atoms with van der Waals surface area (Å²) in [7, 11) is -1.80. The van der Waals surface area contributed by atoms with Gasteiger partial charge in [-0.3, -0.25) is 4.98 Å². The second-order valence-corrected chi connectivity index (χ2v) is 13.1. The van der Waals surface area contributed by atoms with Crippen LogP contribution >= 0.6 is 11.3 Å². The van der Waals surface area contributed by atoms with Crippen LogP contribution in [0.15, 0.2) is 23.7 Å². The molecule has 2 aromatic rings. The number of hydrogen-bond acceptors (Lipinski definition) is 3. The van der Waals surface area contributed by atoms with E-state index in [1.165, 1.54) is 10.1 Å². The summed E-state index contributed by atoms with van der Waals surface area (Å²) in [5, 5.41) is 3.34. The van der Waals surface area contributed by atoms with Gasteiger partial charge in [-0.1, -0.05) is 41.5 Å². The van der Waals surface area contributed by atoms with E-state index in [2.05, 4.69) is 64.0 Å². The average Bonchev–Trinajstić information content (AvgIpc) is 2.85.